The fourth-order valence-corrected chi connectivity index (χ4v) is 912. The van der Waals surface area contributed by atoms with Crippen molar-refractivity contribution in [2.45, 2.75) is 91.6 Å². The van der Waals surface area contributed by atoms with Crippen LogP contribution in [0.3, 0.4) is 0 Å². The fourth-order valence-electron chi connectivity index (χ4n) is 11.8. The number of carbonyl (C=O) groups is 2. The lowest BCUT2D eigenvalue weighted by Gasteiger charge is -2.60. The number of para-hydroxylation sites is 3. The molecule has 0 radical (unpaired) electrons. The number of halogens is 1. The molecule has 2 amide bonds. The third-order valence-electron chi connectivity index (χ3n) is 16.1. The summed E-state index contributed by atoms with van der Waals surface area (Å²) in [4.78, 5) is 31.5. The van der Waals surface area contributed by atoms with Crippen molar-refractivity contribution in [1.82, 2.24) is 29.2 Å². The Balaban J connectivity index is 0.000000347. The van der Waals surface area contributed by atoms with E-state index in [-0.39, 0.29) is 234 Å². The highest BCUT2D eigenvalue weighted by atomic mass is 35.5. The minimum Gasteiger partial charge on any atom is -0.444 e. The predicted molar refractivity (Wildman–Crippen MR) is 746 cm³/mol. The van der Waals surface area contributed by atoms with Gasteiger partial charge in [-0.25, -0.2) is 9.59 Å². The third-order valence-corrected chi connectivity index (χ3v) is 447. The van der Waals surface area contributed by atoms with Crippen molar-refractivity contribution in [3.63, 3.8) is 0 Å². The Kier molecular flexibility index (Phi) is 70.6. The number of rotatable bonds is 29. The van der Waals surface area contributed by atoms with Crippen LogP contribution in [0.5, 0.6) is 0 Å². The normalized spacial score (nSPS) is 14.8. The van der Waals surface area contributed by atoms with Crippen molar-refractivity contribution in [3.8, 4) is 0 Å². The van der Waals surface area contributed by atoms with Crippen LogP contribution in [0.4, 0.5) is 9.59 Å². The zero-order chi connectivity index (χ0) is 88.4. The summed E-state index contributed by atoms with van der Waals surface area (Å²) in [7, 11) is 119. The largest absolute Gasteiger partial charge is 0.444 e. The highest BCUT2D eigenvalue weighted by Gasteiger charge is 2.62. The molecule has 672 valence electrons. The van der Waals surface area contributed by atoms with Crippen molar-refractivity contribution in [2.24, 2.45) is 14.1 Å². The molecule has 6 heterocycles. The Labute approximate surface area is 822 Å². The van der Waals surface area contributed by atoms with E-state index in [1.165, 1.54) is 61.0 Å². The van der Waals surface area contributed by atoms with Gasteiger partial charge >= 0.3 is 12.2 Å². The summed E-state index contributed by atoms with van der Waals surface area (Å²) in [6.07, 6.45) is 2.43. The summed E-state index contributed by atoms with van der Waals surface area (Å²) in [6.45, 7) is 8.81. The van der Waals surface area contributed by atoms with E-state index in [0.717, 1.165) is 37.9 Å². The van der Waals surface area contributed by atoms with E-state index in [1.54, 1.807) is 9.80 Å². The van der Waals surface area contributed by atoms with Gasteiger partial charge in [0.05, 0.1) is 13.1 Å². The van der Waals surface area contributed by atoms with Crippen LogP contribution in [0.1, 0.15) is 75.3 Å². The molecule has 6 aromatic rings. The maximum absolute atomic E-state index is 12.3. The van der Waals surface area contributed by atoms with Gasteiger partial charge in [-0.15, -0.1) is 298 Å². The van der Waals surface area contributed by atoms with Gasteiger partial charge in [-0.3, -0.25) is 0 Å². The number of nitrogens with one attached hydrogen (secondary N) is 2. The third kappa shape index (κ3) is 38.8. The molecule has 3 aliphatic rings. The molecule has 32 atom stereocenters. The molecule has 118 heavy (non-hydrogen) atoms. The number of hydrogen-bond donors (Lipinski definition) is 2. The van der Waals surface area contributed by atoms with Crippen LogP contribution >= 0.6 is 508 Å². The number of aromatic nitrogens is 3. The van der Waals surface area contributed by atoms with Gasteiger partial charge in [0.2, 0.25) is 0 Å². The van der Waals surface area contributed by atoms with Crippen LogP contribution in [0, 0.1) is 0 Å². The number of fused-ring (bicyclic) bond motifs is 9. The zero-order valence-electron chi connectivity index (χ0n) is 66.0. The maximum atomic E-state index is 12.3. The average molecular weight is 2770 g/mol. The number of benzene rings is 3. The van der Waals surface area contributed by atoms with Gasteiger partial charge in [-0.1, -0.05) is 54.6 Å². The first-order valence-electron chi connectivity index (χ1n) is 33.6. The Morgan fingerprint density at radius 1 is 0.331 bits per heavy atom. The lowest BCUT2D eigenvalue weighted by molar-refractivity contribution is 0.0214. The Morgan fingerprint density at radius 2 is 0.585 bits per heavy atom. The lowest BCUT2D eigenvalue weighted by atomic mass is 10.0. The van der Waals surface area contributed by atoms with E-state index >= 15 is 0 Å². The first-order chi connectivity index (χ1) is 54.3. The Bertz CT molecular complexity index is 3770. The molecule has 32 unspecified atom stereocenters. The Morgan fingerprint density at radius 3 is 0.890 bits per heavy atom. The number of nitrogens with zero attached hydrogens (tertiary/aromatic N) is 4. The predicted octanol–water partition coefficient (Wildman–Crippen LogP) is 45.4. The van der Waals surface area contributed by atoms with Crippen molar-refractivity contribution in [1.29, 1.82) is 0 Å². The fraction of sp³-hybridized carbons (Fsp3) is 0.422. The summed E-state index contributed by atoms with van der Waals surface area (Å²) >= 11 is 0. The van der Waals surface area contributed by atoms with Gasteiger partial charge in [0.1, 0.15) is 11.2 Å². The lowest BCUT2D eigenvalue weighted by Crippen LogP contribution is -2.40. The molecule has 3 aromatic heterocycles. The van der Waals surface area contributed by atoms with Crippen molar-refractivity contribution < 1.29 is 19.1 Å². The van der Waals surface area contributed by atoms with E-state index in [4.69, 9.17) is 9.47 Å². The minimum absolute atomic E-state index is 0. The summed E-state index contributed by atoms with van der Waals surface area (Å²) in [5, 5.41) is 7.29. The van der Waals surface area contributed by atoms with Gasteiger partial charge in [0, 0.05) is 120 Å². The van der Waals surface area contributed by atoms with Gasteiger partial charge in [-0.05, 0) is 275 Å². The number of aromatic amines is 1. The number of carbonyl (C=O) groups excluding carboxylic acids is 2. The van der Waals surface area contributed by atoms with Gasteiger partial charge in [0.25, 0.3) is 0 Å². The van der Waals surface area contributed by atoms with Crippen LogP contribution in [0.15, 0.2) is 72.8 Å². The van der Waals surface area contributed by atoms with E-state index in [2.05, 4.69) is 380 Å². The zero-order valence-corrected chi connectivity index (χ0v) is 131. The van der Waals surface area contributed by atoms with Crippen LogP contribution in [-0.2, 0) is 62.5 Å². The topological polar surface area (TPSA) is 96.8 Å². The monoisotopic (exact) mass is 2770 g/mol. The standard InChI is InChI=1S/C17H22N2O2.C16H20N2O2.C12H14N2.ClH.H64P62/c1-17(2,3)21-16(20)19-10-9-15-13(11-19)12-7-5-6-8-14(12)18(15)4;1-16(2,3)20-15(19)18-9-8-14-12(10-18)11-6-4-5-7-13(11)17-14;1-14-11-5-3-2-4-9(11)10-8-13-7-6-12(10)14;;1-33(2)49(34(3)4)57(50(35(5)6)36(7)8)61(58(51(37(9)10)38(11)12)52(39(13)14)40(15)16)62(59(53(41(17)18)42(19)20)54(43(21)22)44(23)24)60(55(45(25)26)46(27)28)56(47(29)30)48(31)32/h5-8H,9-11H2,1-4H3;4-7,17H,8-10H2,1-3H3;2-5,13H,6-8H2,1H3;1H;1-32H2. The van der Waals surface area contributed by atoms with E-state index in [1.807, 2.05) is 53.7 Å². The number of hydrogen-bond acceptors (Lipinski definition) is 5. The van der Waals surface area contributed by atoms with Gasteiger partial charge in [0.15, 0.2) is 0 Å². The van der Waals surface area contributed by atoms with Crippen LogP contribution in [-0.4, -0.2) is 66.9 Å². The second-order valence-corrected chi connectivity index (χ2v) is 282. The van der Waals surface area contributed by atoms with Crippen molar-refractivity contribution in [2.75, 3.05) is 19.6 Å². The first kappa shape index (κ1) is 130. The molecule has 0 saturated heterocycles. The molecule has 9 rings (SSSR count). The highest BCUT2D eigenvalue weighted by molar-refractivity contribution is 9.55. The molecule has 0 spiro atoms. The van der Waals surface area contributed by atoms with Gasteiger partial charge in [-0.2, -0.15) is 0 Å². The molecule has 73 heteroatoms. The summed E-state index contributed by atoms with van der Waals surface area (Å²) in [6, 6.07) is 25.3. The molecule has 3 aliphatic heterocycles. The molecule has 3 aromatic carbocycles. The number of aryl methyl sites for hydroxylation is 2. The quantitative estimate of drug-likeness (QED) is 0.0456. The first-order valence-corrected chi connectivity index (χ1v) is 146. The number of ether oxygens (including phenoxy) is 2. The van der Waals surface area contributed by atoms with Crippen LogP contribution < -0.4 is 5.32 Å². The Hall–Kier alpha value is 21.7. The van der Waals surface area contributed by atoms with E-state index in [9.17, 15) is 9.59 Å². The molecule has 2 N–H and O–H groups in total. The second-order valence-electron chi connectivity index (χ2n) is 26.7. The molecular formula is C45H121ClN6O4P62. The number of H-pyrrole nitrogens is 1. The second kappa shape index (κ2) is 64.0. The maximum Gasteiger partial charge on any atom is 0.410 e. The van der Waals surface area contributed by atoms with E-state index in [0.29, 0.717) is 26.2 Å². The highest BCUT2D eigenvalue weighted by Crippen LogP contribution is 3.49. The van der Waals surface area contributed by atoms with Crippen molar-refractivity contribution >= 4 is 553 Å². The molecule has 0 bridgehead atoms. The molecule has 0 saturated carbocycles. The van der Waals surface area contributed by atoms with Crippen LogP contribution in [0.2, 0.25) is 0 Å². The SMILES string of the molecule is CC(C)(C)OC(=O)N1CCc2[nH]c3ccccc3c2C1.Cl.Cn1c2c(c3ccccc31)CN(C(=O)OC(C)(C)C)CC2.Cn1c2c(c3ccccc31)CNCC2.PP(P)P(P(P)P)P(P(P(P)P)P(P)P)P(P(P(P(P)P)P(P)P)P(P(P)P)P(P)P)P(P(P(P(P)P)P(P)P)P(P(P)P)P(P)P)P(P(P(P)P)P(P)P)P(P(P)P)P(P)P. The molecule has 10 nitrogen and oxygen atoms in total. The van der Waals surface area contributed by atoms with E-state index < -0.39 is 11.2 Å². The van der Waals surface area contributed by atoms with Crippen LogP contribution in [0.25, 0.3) is 32.7 Å². The molecule has 0 aliphatic carbocycles. The summed E-state index contributed by atoms with van der Waals surface area (Å²) in [5.74, 6) is 0. The summed E-state index contributed by atoms with van der Waals surface area (Å²) < 4.78 is 15.5. The minimum atomic E-state index is -0.448. The average Bonchev–Trinajstić information content (AvgIpc) is 1.28. The van der Waals surface area contributed by atoms with Crippen molar-refractivity contribution in [3.05, 3.63) is 107 Å². The smallest absolute Gasteiger partial charge is 0.410 e. The number of amides is 2. The summed E-state index contributed by atoms with van der Waals surface area (Å²) in [5.41, 5.74) is 10.9. The van der Waals surface area contributed by atoms with Gasteiger partial charge < -0.3 is 38.7 Å². The molecular weight excluding hydrogens is 2640 g/mol. The molecule has 0 fully saturated rings.